The zero-order valence-corrected chi connectivity index (χ0v) is 16.9. The van der Waals surface area contributed by atoms with Crippen LogP contribution in [-0.4, -0.2) is 47.7 Å². The summed E-state index contributed by atoms with van der Waals surface area (Å²) < 4.78 is 21.2. The van der Waals surface area contributed by atoms with E-state index in [9.17, 15) is 24.0 Å². The van der Waals surface area contributed by atoms with Gasteiger partial charge in [-0.2, -0.15) is 0 Å². The number of hydrogen-bond acceptors (Lipinski definition) is 9. The molecule has 1 aromatic rings. The lowest BCUT2D eigenvalue weighted by Crippen LogP contribution is -2.52. The van der Waals surface area contributed by atoms with Crippen molar-refractivity contribution in [2.24, 2.45) is 11.8 Å². The molecule has 10 nitrogen and oxygen atoms in total. The van der Waals surface area contributed by atoms with Gasteiger partial charge in [-0.3, -0.25) is 24.0 Å². The molecular formula is C21H19NO9. The standard InChI is InChI=1S/C21H19NO9/c1-10(23)28-14-6-4-13(5-7-14)22-18(26)16-15-8-9-21(31-15,17(16)19(22)27)20(29-11(2)24)30-12(3)25/h4-9,15-17,20H,1-3H3/t15-,16-,17-,21-/m1/s1. The molecule has 0 aliphatic carbocycles. The maximum atomic E-state index is 13.4. The zero-order chi connectivity index (χ0) is 22.5. The first-order chi connectivity index (χ1) is 14.6. The van der Waals surface area contributed by atoms with Gasteiger partial charge in [0.1, 0.15) is 5.75 Å². The molecule has 0 spiro atoms. The van der Waals surface area contributed by atoms with Crippen molar-refractivity contribution in [3.63, 3.8) is 0 Å². The predicted octanol–water partition coefficient (Wildman–Crippen LogP) is 0.877. The summed E-state index contributed by atoms with van der Waals surface area (Å²) >= 11 is 0. The second-order valence-corrected chi connectivity index (χ2v) is 7.45. The molecule has 0 N–H and O–H groups in total. The van der Waals surface area contributed by atoms with E-state index in [-0.39, 0.29) is 11.4 Å². The van der Waals surface area contributed by atoms with Gasteiger partial charge in [0.05, 0.1) is 23.6 Å². The van der Waals surface area contributed by atoms with Crippen LogP contribution in [0.5, 0.6) is 5.75 Å². The van der Waals surface area contributed by atoms with Gasteiger partial charge in [0, 0.05) is 20.8 Å². The first-order valence-corrected chi connectivity index (χ1v) is 9.52. The monoisotopic (exact) mass is 429 g/mol. The molecule has 0 unspecified atom stereocenters. The Morgan fingerprint density at radius 3 is 2.13 bits per heavy atom. The lowest BCUT2D eigenvalue weighted by molar-refractivity contribution is -0.226. The van der Waals surface area contributed by atoms with Crippen molar-refractivity contribution in [2.45, 2.75) is 38.8 Å². The molecule has 2 saturated heterocycles. The number of carbonyl (C=O) groups excluding carboxylic acids is 5. The maximum Gasteiger partial charge on any atom is 0.308 e. The molecule has 0 radical (unpaired) electrons. The Labute approximate surface area is 176 Å². The molecule has 4 rings (SSSR count). The zero-order valence-electron chi connectivity index (χ0n) is 16.9. The Kier molecular flexibility index (Phi) is 4.89. The largest absolute Gasteiger partial charge is 0.427 e. The van der Waals surface area contributed by atoms with Crippen LogP contribution in [0.4, 0.5) is 5.69 Å². The molecular weight excluding hydrogens is 410 g/mol. The van der Waals surface area contributed by atoms with Crippen molar-refractivity contribution in [3.05, 3.63) is 36.4 Å². The fraction of sp³-hybridized carbons (Fsp3) is 0.381. The average Bonchev–Trinajstić information content (AvgIpc) is 3.32. The third kappa shape index (κ3) is 3.28. The molecule has 10 heteroatoms. The highest BCUT2D eigenvalue weighted by atomic mass is 16.7. The fourth-order valence-corrected chi connectivity index (χ4v) is 4.30. The quantitative estimate of drug-likeness (QED) is 0.220. The number of rotatable bonds is 5. The second-order valence-electron chi connectivity index (χ2n) is 7.45. The molecule has 162 valence electrons. The van der Waals surface area contributed by atoms with Crippen molar-refractivity contribution in [1.82, 2.24) is 0 Å². The van der Waals surface area contributed by atoms with Gasteiger partial charge in [-0.15, -0.1) is 0 Å². The Morgan fingerprint density at radius 1 is 0.968 bits per heavy atom. The van der Waals surface area contributed by atoms with Crippen molar-refractivity contribution < 1.29 is 42.9 Å². The number of nitrogens with zero attached hydrogens (tertiary/aromatic N) is 1. The SMILES string of the molecule is CC(=O)Oc1ccc(N2C(=O)[C@@H]3[C@H]4C=C[C@@](C(OC(C)=O)OC(C)=O)(O4)[C@H]3C2=O)cc1. The number of carbonyl (C=O) groups is 5. The number of ether oxygens (including phenoxy) is 4. The smallest absolute Gasteiger partial charge is 0.308 e. The first kappa shape index (κ1) is 20.7. The van der Waals surface area contributed by atoms with E-state index in [1.807, 2.05) is 0 Å². The lowest BCUT2D eigenvalue weighted by atomic mass is 9.76. The summed E-state index contributed by atoms with van der Waals surface area (Å²) in [5.74, 6) is -4.69. The summed E-state index contributed by atoms with van der Waals surface area (Å²) in [7, 11) is 0. The van der Waals surface area contributed by atoms with E-state index in [4.69, 9.17) is 18.9 Å². The van der Waals surface area contributed by atoms with Crippen LogP contribution in [0.2, 0.25) is 0 Å². The summed E-state index contributed by atoms with van der Waals surface area (Å²) in [5.41, 5.74) is -1.32. The number of esters is 3. The average molecular weight is 429 g/mol. The van der Waals surface area contributed by atoms with Crippen LogP contribution in [0.25, 0.3) is 0 Å². The van der Waals surface area contributed by atoms with Crippen molar-refractivity contribution >= 4 is 35.4 Å². The minimum absolute atomic E-state index is 0.266. The molecule has 31 heavy (non-hydrogen) atoms. The van der Waals surface area contributed by atoms with Crippen LogP contribution in [-0.2, 0) is 38.2 Å². The van der Waals surface area contributed by atoms with Gasteiger partial charge in [-0.25, -0.2) is 4.90 Å². The predicted molar refractivity (Wildman–Crippen MR) is 101 cm³/mol. The van der Waals surface area contributed by atoms with E-state index in [0.717, 1.165) is 18.7 Å². The highest BCUT2D eigenvalue weighted by molar-refractivity contribution is 6.23. The molecule has 3 heterocycles. The number of amides is 2. The van der Waals surface area contributed by atoms with E-state index in [2.05, 4.69) is 0 Å². The minimum Gasteiger partial charge on any atom is -0.427 e. The van der Waals surface area contributed by atoms with Gasteiger partial charge < -0.3 is 18.9 Å². The number of anilines is 1. The summed E-state index contributed by atoms with van der Waals surface area (Å²) in [5, 5.41) is 0. The molecule has 4 atom stereocenters. The molecule has 0 saturated carbocycles. The third-order valence-corrected chi connectivity index (χ3v) is 5.35. The van der Waals surface area contributed by atoms with E-state index in [1.54, 1.807) is 6.08 Å². The summed E-state index contributed by atoms with van der Waals surface area (Å²) in [6, 6.07) is 5.89. The summed E-state index contributed by atoms with van der Waals surface area (Å²) in [6.45, 7) is 3.52. The number of imide groups is 1. The summed E-state index contributed by atoms with van der Waals surface area (Å²) in [4.78, 5) is 61.8. The topological polar surface area (TPSA) is 126 Å². The van der Waals surface area contributed by atoms with Crippen LogP contribution < -0.4 is 9.64 Å². The van der Waals surface area contributed by atoms with Crippen LogP contribution in [0.1, 0.15) is 20.8 Å². The lowest BCUT2D eigenvalue weighted by Gasteiger charge is -2.34. The highest BCUT2D eigenvalue weighted by Gasteiger charge is 2.72. The molecule has 1 aromatic carbocycles. The minimum atomic E-state index is -1.61. The van der Waals surface area contributed by atoms with Gasteiger partial charge in [0.25, 0.3) is 6.29 Å². The van der Waals surface area contributed by atoms with Crippen molar-refractivity contribution in [3.8, 4) is 5.75 Å². The maximum absolute atomic E-state index is 13.4. The first-order valence-electron chi connectivity index (χ1n) is 9.52. The van der Waals surface area contributed by atoms with Gasteiger partial charge in [0.2, 0.25) is 11.8 Å². The second kappa shape index (κ2) is 7.31. The fourth-order valence-electron chi connectivity index (χ4n) is 4.30. The molecule has 0 aromatic heterocycles. The van der Waals surface area contributed by atoms with Gasteiger partial charge in [0.15, 0.2) is 5.60 Å². The number of fused-ring (bicyclic) bond motifs is 5. The van der Waals surface area contributed by atoms with Gasteiger partial charge >= 0.3 is 17.9 Å². The number of hydrogen-bond donors (Lipinski definition) is 0. The van der Waals surface area contributed by atoms with E-state index >= 15 is 0 Å². The van der Waals surface area contributed by atoms with E-state index in [0.29, 0.717) is 0 Å². The van der Waals surface area contributed by atoms with Crippen LogP contribution in [0, 0.1) is 11.8 Å². The normalized spacial score (nSPS) is 28.1. The van der Waals surface area contributed by atoms with Crippen LogP contribution in [0.3, 0.4) is 0 Å². The third-order valence-electron chi connectivity index (χ3n) is 5.35. The number of benzene rings is 1. The molecule has 2 bridgehead atoms. The Bertz CT molecular complexity index is 998. The van der Waals surface area contributed by atoms with Gasteiger partial charge in [-0.1, -0.05) is 6.08 Å². The van der Waals surface area contributed by atoms with Crippen molar-refractivity contribution in [1.29, 1.82) is 0 Å². The molecule has 3 aliphatic heterocycles. The molecule has 3 aliphatic rings. The molecule has 2 fully saturated rings. The van der Waals surface area contributed by atoms with Crippen LogP contribution >= 0.6 is 0 Å². The van der Waals surface area contributed by atoms with Crippen molar-refractivity contribution in [2.75, 3.05) is 4.90 Å². The Hall–Kier alpha value is -3.53. The Balaban J connectivity index is 1.68. The Morgan fingerprint density at radius 2 is 1.58 bits per heavy atom. The van der Waals surface area contributed by atoms with Crippen LogP contribution in [0.15, 0.2) is 36.4 Å². The van der Waals surface area contributed by atoms with E-state index < -0.39 is 59.6 Å². The highest BCUT2D eigenvalue weighted by Crippen LogP contribution is 2.54. The van der Waals surface area contributed by atoms with E-state index in [1.165, 1.54) is 37.3 Å². The van der Waals surface area contributed by atoms with Gasteiger partial charge in [-0.05, 0) is 30.3 Å². The molecule has 2 amide bonds. The summed E-state index contributed by atoms with van der Waals surface area (Å²) in [6.07, 6.45) is 0.843.